The Bertz CT molecular complexity index is 449. The molecule has 0 radical (unpaired) electrons. The van der Waals surface area contributed by atoms with Crippen LogP contribution in [-0.4, -0.2) is 18.7 Å². The van der Waals surface area contributed by atoms with Crippen molar-refractivity contribution in [1.29, 1.82) is 5.26 Å². The Hall–Kier alpha value is -2.22. The van der Waals surface area contributed by atoms with Crippen LogP contribution in [0.5, 0.6) is 5.75 Å². The largest absolute Gasteiger partial charge is 0.495 e. The molecule has 5 nitrogen and oxygen atoms in total. The van der Waals surface area contributed by atoms with Crippen LogP contribution in [0.25, 0.3) is 0 Å². The number of hydrogen-bond acceptors (Lipinski definition) is 3. The van der Waals surface area contributed by atoms with Crippen molar-refractivity contribution in [2.75, 3.05) is 12.4 Å². The Morgan fingerprint density at radius 2 is 2.06 bits per heavy atom. The highest BCUT2D eigenvalue weighted by Crippen LogP contribution is 2.22. The number of ether oxygens (including phenoxy) is 1. The van der Waals surface area contributed by atoms with E-state index in [2.05, 4.69) is 10.6 Å². The molecule has 0 saturated heterocycles. The number of para-hydroxylation sites is 2. The number of nitriles is 1. The number of anilines is 1. The number of methoxy groups -OCH3 is 1. The summed E-state index contributed by atoms with van der Waals surface area (Å²) in [4.78, 5) is 11.6. The van der Waals surface area contributed by atoms with E-state index in [1.54, 1.807) is 38.1 Å². The van der Waals surface area contributed by atoms with Gasteiger partial charge in [0.2, 0.25) is 0 Å². The van der Waals surface area contributed by atoms with Gasteiger partial charge in [0.15, 0.2) is 0 Å². The van der Waals surface area contributed by atoms with E-state index >= 15 is 0 Å². The van der Waals surface area contributed by atoms with Gasteiger partial charge in [0.1, 0.15) is 11.3 Å². The Balaban J connectivity index is 2.72. The zero-order valence-corrected chi connectivity index (χ0v) is 10.1. The smallest absolute Gasteiger partial charge is 0.320 e. The molecule has 0 aliphatic rings. The van der Waals surface area contributed by atoms with Crippen LogP contribution in [0.15, 0.2) is 24.3 Å². The topological polar surface area (TPSA) is 74.2 Å². The van der Waals surface area contributed by atoms with E-state index in [0.29, 0.717) is 11.4 Å². The summed E-state index contributed by atoms with van der Waals surface area (Å²) in [7, 11) is 1.53. The predicted molar refractivity (Wildman–Crippen MR) is 64.8 cm³/mol. The van der Waals surface area contributed by atoms with Gasteiger partial charge in [0, 0.05) is 0 Å². The Kier molecular flexibility index (Phi) is 3.94. The molecule has 2 N–H and O–H groups in total. The van der Waals surface area contributed by atoms with Crippen molar-refractivity contribution in [1.82, 2.24) is 5.32 Å². The van der Waals surface area contributed by atoms with Gasteiger partial charge < -0.3 is 15.4 Å². The van der Waals surface area contributed by atoms with Crippen LogP contribution in [-0.2, 0) is 0 Å². The molecule has 0 aliphatic heterocycles. The first-order valence-electron chi connectivity index (χ1n) is 5.12. The van der Waals surface area contributed by atoms with Crippen LogP contribution in [0.2, 0.25) is 0 Å². The molecule has 0 aromatic heterocycles. The van der Waals surface area contributed by atoms with Crippen molar-refractivity contribution in [3.63, 3.8) is 0 Å². The Labute approximate surface area is 100 Å². The number of nitrogens with one attached hydrogen (secondary N) is 2. The minimum Gasteiger partial charge on any atom is -0.495 e. The maximum Gasteiger partial charge on any atom is 0.320 e. The van der Waals surface area contributed by atoms with E-state index in [9.17, 15) is 4.79 Å². The lowest BCUT2D eigenvalue weighted by Crippen LogP contribution is -2.44. The molecule has 0 unspecified atom stereocenters. The van der Waals surface area contributed by atoms with Gasteiger partial charge in [0.05, 0.1) is 18.9 Å². The maximum atomic E-state index is 11.6. The van der Waals surface area contributed by atoms with Crippen LogP contribution in [0.3, 0.4) is 0 Å². The second-order valence-corrected chi connectivity index (χ2v) is 4.02. The molecule has 2 amide bonds. The van der Waals surface area contributed by atoms with Gasteiger partial charge in [0.25, 0.3) is 0 Å². The number of carbonyl (C=O) groups is 1. The second kappa shape index (κ2) is 5.21. The lowest BCUT2D eigenvalue weighted by atomic mass is 10.1. The number of amides is 2. The molecule has 1 aromatic rings. The Morgan fingerprint density at radius 1 is 1.41 bits per heavy atom. The first-order valence-corrected chi connectivity index (χ1v) is 5.12. The van der Waals surface area contributed by atoms with E-state index in [1.165, 1.54) is 7.11 Å². The summed E-state index contributed by atoms with van der Waals surface area (Å²) in [6.45, 7) is 3.24. The number of carbonyl (C=O) groups excluding carboxylic acids is 1. The van der Waals surface area contributed by atoms with Gasteiger partial charge in [-0.1, -0.05) is 12.1 Å². The fourth-order valence-corrected chi connectivity index (χ4v) is 1.21. The third-order valence-electron chi connectivity index (χ3n) is 2.06. The summed E-state index contributed by atoms with van der Waals surface area (Å²) >= 11 is 0. The molecule has 17 heavy (non-hydrogen) atoms. The average molecular weight is 233 g/mol. The number of nitrogens with zero attached hydrogens (tertiary/aromatic N) is 1. The van der Waals surface area contributed by atoms with E-state index < -0.39 is 11.6 Å². The lowest BCUT2D eigenvalue weighted by Gasteiger charge is -2.18. The molecule has 0 bridgehead atoms. The highest BCUT2D eigenvalue weighted by molar-refractivity contribution is 5.91. The van der Waals surface area contributed by atoms with Crippen molar-refractivity contribution in [3.05, 3.63) is 24.3 Å². The first kappa shape index (κ1) is 12.8. The van der Waals surface area contributed by atoms with Crippen LogP contribution in [0, 0.1) is 11.3 Å². The number of benzene rings is 1. The van der Waals surface area contributed by atoms with Gasteiger partial charge in [-0.2, -0.15) is 5.26 Å². The van der Waals surface area contributed by atoms with E-state index in [4.69, 9.17) is 10.00 Å². The summed E-state index contributed by atoms with van der Waals surface area (Å²) in [5.74, 6) is 0.567. The van der Waals surface area contributed by atoms with Crippen molar-refractivity contribution in [2.45, 2.75) is 19.4 Å². The van der Waals surface area contributed by atoms with Gasteiger partial charge >= 0.3 is 6.03 Å². The number of urea groups is 1. The van der Waals surface area contributed by atoms with E-state index in [-0.39, 0.29) is 0 Å². The Morgan fingerprint density at radius 3 is 2.65 bits per heavy atom. The molecule has 0 heterocycles. The molecule has 90 valence electrons. The number of hydrogen-bond donors (Lipinski definition) is 2. The van der Waals surface area contributed by atoms with Crippen molar-refractivity contribution in [2.24, 2.45) is 0 Å². The van der Waals surface area contributed by atoms with Crippen molar-refractivity contribution < 1.29 is 9.53 Å². The summed E-state index contributed by atoms with van der Waals surface area (Å²) in [5, 5.41) is 14.0. The third-order valence-corrected chi connectivity index (χ3v) is 2.06. The quantitative estimate of drug-likeness (QED) is 0.839. The van der Waals surface area contributed by atoms with Crippen molar-refractivity contribution >= 4 is 11.7 Å². The molecule has 0 spiro atoms. The van der Waals surface area contributed by atoms with Gasteiger partial charge in [-0.15, -0.1) is 0 Å². The lowest BCUT2D eigenvalue weighted by molar-refractivity contribution is 0.246. The molecule has 1 rings (SSSR count). The summed E-state index contributed by atoms with van der Waals surface area (Å²) < 4.78 is 5.10. The maximum absolute atomic E-state index is 11.6. The highest BCUT2D eigenvalue weighted by atomic mass is 16.5. The summed E-state index contributed by atoms with van der Waals surface area (Å²) in [6.07, 6.45) is 0. The molecular formula is C12H15N3O2. The van der Waals surface area contributed by atoms with Crippen LogP contribution >= 0.6 is 0 Å². The fourth-order valence-electron chi connectivity index (χ4n) is 1.21. The molecule has 0 saturated carbocycles. The summed E-state index contributed by atoms with van der Waals surface area (Å²) in [5.41, 5.74) is -0.354. The monoisotopic (exact) mass is 233 g/mol. The molecule has 5 heteroatoms. The minimum atomic E-state index is -0.911. The standard InChI is InChI=1S/C12H15N3O2/c1-12(2,8-13)15-11(16)14-9-6-4-5-7-10(9)17-3/h4-7H,1-3H3,(H2,14,15,16). The van der Waals surface area contributed by atoms with Gasteiger partial charge in [-0.05, 0) is 26.0 Å². The SMILES string of the molecule is COc1ccccc1NC(=O)NC(C)(C)C#N. The zero-order valence-electron chi connectivity index (χ0n) is 10.1. The average Bonchev–Trinajstić information content (AvgIpc) is 2.29. The summed E-state index contributed by atoms with van der Waals surface area (Å²) in [6, 6.07) is 8.59. The minimum absolute atomic E-state index is 0.443. The van der Waals surface area contributed by atoms with E-state index in [1.807, 2.05) is 6.07 Å². The third kappa shape index (κ3) is 3.68. The molecule has 0 fully saturated rings. The van der Waals surface area contributed by atoms with Crippen LogP contribution in [0.1, 0.15) is 13.8 Å². The predicted octanol–water partition coefficient (Wildman–Crippen LogP) is 2.12. The fraction of sp³-hybridized carbons (Fsp3) is 0.333. The first-order chi connectivity index (χ1) is 7.98. The van der Waals surface area contributed by atoms with Gasteiger partial charge in [-0.3, -0.25) is 0 Å². The van der Waals surface area contributed by atoms with Gasteiger partial charge in [-0.25, -0.2) is 4.79 Å². The second-order valence-electron chi connectivity index (χ2n) is 4.02. The van der Waals surface area contributed by atoms with Crippen LogP contribution in [0.4, 0.5) is 10.5 Å². The highest BCUT2D eigenvalue weighted by Gasteiger charge is 2.19. The number of rotatable bonds is 3. The molecule has 0 atom stereocenters. The van der Waals surface area contributed by atoms with Crippen LogP contribution < -0.4 is 15.4 Å². The van der Waals surface area contributed by atoms with E-state index in [0.717, 1.165) is 0 Å². The van der Waals surface area contributed by atoms with Crippen molar-refractivity contribution in [3.8, 4) is 11.8 Å². The molecule has 1 aromatic carbocycles. The zero-order chi connectivity index (χ0) is 12.9. The molecule has 0 aliphatic carbocycles. The molecular weight excluding hydrogens is 218 g/mol. The normalized spacial score (nSPS) is 10.2.